The molecule has 3 saturated carbocycles. The molecule has 0 bridgehead atoms. The van der Waals surface area contributed by atoms with E-state index in [2.05, 4.69) is 5.10 Å². The summed E-state index contributed by atoms with van der Waals surface area (Å²) in [5.41, 5.74) is -6.55. The number of aromatic nitrogens is 2. The van der Waals surface area contributed by atoms with E-state index in [9.17, 15) is 23.9 Å². The van der Waals surface area contributed by atoms with Gasteiger partial charge in [0.15, 0.2) is 17.1 Å². The van der Waals surface area contributed by atoms with E-state index >= 15 is 8.78 Å². The van der Waals surface area contributed by atoms with Crippen LogP contribution in [0.1, 0.15) is 56.2 Å². The molecule has 3 fully saturated rings. The molecule has 0 unspecified atom stereocenters. The molecule has 39 heavy (non-hydrogen) atoms. The van der Waals surface area contributed by atoms with Crippen molar-refractivity contribution in [2.45, 2.75) is 70.5 Å². The number of aliphatic hydroxyl groups is 1. The Kier molecular flexibility index (Phi) is 6.53. The Labute approximate surface area is 229 Å². The Bertz CT molecular complexity index is 1310. The first-order valence-electron chi connectivity index (χ1n) is 13.1. The molecule has 0 aliphatic heterocycles. The maximum absolute atomic E-state index is 17.5. The minimum absolute atomic E-state index is 0.00391. The average Bonchev–Trinajstić information content (AvgIpc) is 3.31. The van der Waals surface area contributed by atoms with Crippen LogP contribution in [-0.2, 0) is 21.4 Å². The van der Waals surface area contributed by atoms with Gasteiger partial charge in [-0.2, -0.15) is 5.10 Å². The summed E-state index contributed by atoms with van der Waals surface area (Å²) in [7, 11) is 1.55. The van der Waals surface area contributed by atoms with Crippen molar-refractivity contribution in [2.75, 3.05) is 6.01 Å². The Morgan fingerprint density at radius 3 is 2.59 bits per heavy atom. The number of aryl methyl sites for hydroxylation is 2. The summed E-state index contributed by atoms with van der Waals surface area (Å²) in [6, 6.07) is 0.442. The zero-order valence-electron chi connectivity index (χ0n) is 22.5. The number of alkyl halides is 3. The standard InChI is InChI=1S/C28H33F3N2O5S/c1-14-8-17-18-11-20(30)19-10-16(34)6-7-25(19,3)27(18,31)22(35)12-26(17,4)28(14,24(37)39-13-29)38-23(36)21-9-15(2)32-33(21)5/h6-7,9-10,14,17-18,20,22,35H,8,11-13H2,1-5H3/t14-,17+,18+,20+,22+,25+,26+,27+,28+/m1/s1. The van der Waals surface area contributed by atoms with Crippen LogP contribution in [0, 0.1) is 35.5 Å². The lowest BCUT2D eigenvalue weighted by molar-refractivity contribution is -0.221. The number of nitrogens with zero attached hydrogens (tertiary/aromatic N) is 2. The van der Waals surface area contributed by atoms with Gasteiger partial charge in [0.25, 0.3) is 0 Å². The lowest BCUT2D eigenvalue weighted by Crippen LogP contribution is -2.70. The summed E-state index contributed by atoms with van der Waals surface area (Å²) in [5, 5.41) is 15.0. The highest BCUT2D eigenvalue weighted by molar-refractivity contribution is 8.13. The third-order valence-corrected chi connectivity index (χ3v) is 10.8. The summed E-state index contributed by atoms with van der Waals surface area (Å²) in [5.74, 6) is -3.72. The smallest absolute Gasteiger partial charge is 0.357 e. The molecule has 0 saturated heterocycles. The van der Waals surface area contributed by atoms with Gasteiger partial charge in [0, 0.05) is 29.7 Å². The first kappa shape index (κ1) is 28.1. The maximum atomic E-state index is 17.5. The van der Waals surface area contributed by atoms with E-state index in [1.165, 1.54) is 29.8 Å². The summed E-state index contributed by atoms with van der Waals surface area (Å²) < 4.78 is 54.2. The lowest BCUT2D eigenvalue weighted by atomic mass is 9.44. The molecule has 0 aromatic carbocycles. The monoisotopic (exact) mass is 566 g/mol. The number of ether oxygens (including phenoxy) is 1. The van der Waals surface area contributed by atoms with Crippen LogP contribution in [0.3, 0.4) is 0 Å². The van der Waals surface area contributed by atoms with Crippen LogP contribution in [0.5, 0.6) is 0 Å². The van der Waals surface area contributed by atoms with Crippen molar-refractivity contribution in [3.8, 4) is 0 Å². The van der Waals surface area contributed by atoms with E-state index in [0.717, 1.165) is 6.08 Å². The van der Waals surface area contributed by atoms with Gasteiger partial charge in [-0.05, 0) is 74.6 Å². The Morgan fingerprint density at radius 2 is 1.97 bits per heavy atom. The Hall–Kier alpha value is -2.40. The molecule has 7 nitrogen and oxygen atoms in total. The first-order valence-corrected chi connectivity index (χ1v) is 14.1. The zero-order valence-corrected chi connectivity index (χ0v) is 23.4. The predicted molar refractivity (Wildman–Crippen MR) is 138 cm³/mol. The second-order valence-electron chi connectivity index (χ2n) is 12.0. The van der Waals surface area contributed by atoms with Gasteiger partial charge in [-0.25, -0.2) is 18.0 Å². The van der Waals surface area contributed by atoms with Crippen molar-refractivity contribution in [3.63, 3.8) is 0 Å². The molecule has 212 valence electrons. The molecule has 1 heterocycles. The number of aliphatic hydroxyl groups excluding tert-OH is 1. The number of allylic oxidation sites excluding steroid dienone is 4. The predicted octanol–water partition coefficient (Wildman–Crippen LogP) is 4.38. The number of thioether (sulfide) groups is 1. The summed E-state index contributed by atoms with van der Waals surface area (Å²) in [6.45, 7) is 6.53. The van der Waals surface area contributed by atoms with Gasteiger partial charge in [-0.1, -0.05) is 19.9 Å². The van der Waals surface area contributed by atoms with Crippen LogP contribution >= 0.6 is 11.8 Å². The minimum Gasteiger partial charge on any atom is -0.444 e. The fourth-order valence-corrected chi connectivity index (χ4v) is 9.16. The van der Waals surface area contributed by atoms with Crippen LogP contribution < -0.4 is 0 Å². The van der Waals surface area contributed by atoms with Gasteiger partial charge < -0.3 is 9.84 Å². The number of carbonyl (C=O) groups is 3. The van der Waals surface area contributed by atoms with Crippen molar-refractivity contribution in [3.05, 3.63) is 41.3 Å². The number of hydrogen-bond acceptors (Lipinski definition) is 7. The number of ketones is 1. The molecule has 1 N–H and O–H groups in total. The van der Waals surface area contributed by atoms with Gasteiger partial charge >= 0.3 is 5.97 Å². The van der Waals surface area contributed by atoms with Crippen LogP contribution in [0.4, 0.5) is 13.2 Å². The maximum Gasteiger partial charge on any atom is 0.357 e. The average molecular weight is 567 g/mol. The van der Waals surface area contributed by atoms with Crippen molar-refractivity contribution in [1.82, 2.24) is 9.78 Å². The van der Waals surface area contributed by atoms with Gasteiger partial charge in [-0.3, -0.25) is 14.3 Å². The molecule has 9 atom stereocenters. The van der Waals surface area contributed by atoms with Gasteiger partial charge in [-0.15, -0.1) is 0 Å². The lowest BCUT2D eigenvalue weighted by Gasteiger charge is -2.63. The number of halogens is 3. The highest BCUT2D eigenvalue weighted by Crippen LogP contribution is 2.72. The molecule has 1 aromatic heterocycles. The second-order valence-corrected chi connectivity index (χ2v) is 12.8. The quantitative estimate of drug-likeness (QED) is 0.541. The Balaban J connectivity index is 1.64. The highest BCUT2D eigenvalue weighted by atomic mass is 32.2. The zero-order chi connectivity index (χ0) is 28.7. The van der Waals surface area contributed by atoms with E-state index < -0.39 is 75.0 Å². The number of fused-ring (bicyclic) bond motifs is 5. The van der Waals surface area contributed by atoms with E-state index in [4.69, 9.17) is 4.74 Å². The number of carbonyl (C=O) groups excluding carboxylic acids is 3. The highest BCUT2D eigenvalue weighted by Gasteiger charge is 2.78. The van der Waals surface area contributed by atoms with Gasteiger partial charge in [0.2, 0.25) is 5.12 Å². The fourth-order valence-electron chi connectivity index (χ4n) is 8.37. The third-order valence-electron chi connectivity index (χ3n) is 10.1. The number of esters is 1. The summed E-state index contributed by atoms with van der Waals surface area (Å²) in [6.07, 6.45) is -0.0760. The third kappa shape index (κ3) is 3.54. The molecule has 5 rings (SSSR count). The van der Waals surface area contributed by atoms with Crippen molar-refractivity contribution >= 4 is 28.6 Å². The van der Waals surface area contributed by atoms with Crippen molar-refractivity contribution in [1.29, 1.82) is 0 Å². The van der Waals surface area contributed by atoms with Crippen molar-refractivity contribution in [2.24, 2.45) is 35.6 Å². The molecular weight excluding hydrogens is 533 g/mol. The number of hydrogen-bond donors (Lipinski definition) is 1. The van der Waals surface area contributed by atoms with E-state index in [0.29, 0.717) is 17.5 Å². The van der Waals surface area contributed by atoms with Crippen LogP contribution in [-0.4, -0.2) is 61.3 Å². The van der Waals surface area contributed by atoms with Crippen molar-refractivity contribution < 1.29 is 37.4 Å². The molecule has 0 amide bonds. The van der Waals surface area contributed by atoms with Crippen LogP contribution in [0.15, 0.2) is 29.9 Å². The largest absolute Gasteiger partial charge is 0.444 e. The molecule has 4 aliphatic carbocycles. The van der Waals surface area contributed by atoms with E-state index in [1.54, 1.807) is 27.8 Å². The first-order chi connectivity index (χ1) is 18.2. The molecule has 4 aliphatic rings. The SMILES string of the molecule is Cc1cc(C(=O)O[C@]2(C(=O)SCF)[C@H](C)C[C@H]3[C@@H]4C[C@H](F)C5=CC(=O)C=C[C@]5(C)[C@@]4(F)[C@@H](O)C[C@@]32C)n(C)n1. The number of rotatable bonds is 4. The Morgan fingerprint density at radius 1 is 1.28 bits per heavy atom. The summed E-state index contributed by atoms with van der Waals surface area (Å²) in [4.78, 5) is 39.3. The van der Waals surface area contributed by atoms with Gasteiger partial charge in [0.1, 0.15) is 17.9 Å². The molecule has 0 spiro atoms. The van der Waals surface area contributed by atoms with Crippen LogP contribution in [0.25, 0.3) is 0 Å². The fraction of sp³-hybridized carbons (Fsp3) is 0.643. The molecule has 0 radical (unpaired) electrons. The second kappa shape index (κ2) is 9.06. The summed E-state index contributed by atoms with van der Waals surface area (Å²) >= 11 is 0.367. The van der Waals surface area contributed by atoms with Gasteiger partial charge in [0.05, 0.1) is 11.8 Å². The minimum atomic E-state index is -2.35. The molecule has 1 aromatic rings. The topological polar surface area (TPSA) is 98.5 Å². The van der Waals surface area contributed by atoms with E-state index in [-0.39, 0.29) is 30.5 Å². The molecule has 11 heteroatoms. The normalized spacial score (nSPS) is 42.8. The van der Waals surface area contributed by atoms with Crippen LogP contribution in [0.2, 0.25) is 0 Å². The van der Waals surface area contributed by atoms with E-state index in [1.807, 2.05) is 0 Å². The molecular formula is C28H33F3N2O5S.